The lowest BCUT2D eigenvalue weighted by atomic mass is 9.95. The zero-order valence-electron chi connectivity index (χ0n) is 34.5. The second-order valence-electron chi connectivity index (χ2n) is 14.9. The minimum Gasteiger partial charge on any atom is -0.481 e. The van der Waals surface area contributed by atoms with Crippen molar-refractivity contribution in [2.45, 2.75) is 109 Å². The fourth-order valence-electron chi connectivity index (χ4n) is 5.94. The summed E-state index contributed by atoms with van der Waals surface area (Å²) >= 11 is 0. The second-order valence-corrected chi connectivity index (χ2v) is 14.9. The molecule has 0 aliphatic heterocycles. The molecule has 2 aromatic carbocycles. The first kappa shape index (κ1) is 50.7. The molecule has 0 aromatic heterocycles. The summed E-state index contributed by atoms with van der Waals surface area (Å²) in [4.78, 5) is 115. The van der Waals surface area contributed by atoms with Crippen LogP contribution in [-0.2, 0) is 56.0 Å². The maximum absolute atomic E-state index is 14.2. The summed E-state index contributed by atoms with van der Waals surface area (Å²) in [7, 11) is 0. The Kier molecular flexibility index (Phi) is 21.0. The van der Waals surface area contributed by atoms with Gasteiger partial charge in [-0.05, 0) is 29.4 Å². The predicted molar refractivity (Wildman–Crippen MR) is 218 cm³/mol. The van der Waals surface area contributed by atoms with Crippen molar-refractivity contribution in [1.82, 2.24) is 31.9 Å². The van der Waals surface area contributed by atoms with Crippen molar-refractivity contribution in [2.24, 2.45) is 17.6 Å². The fourth-order valence-corrected chi connectivity index (χ4v) is 5.94. The number of nitrogens with two attached hydrogens (primary N) is 1. The number of amides is 6. The number of nitrogens with one attached hydrogen (secondary N) is 6. The van der Waals surface area contributed by atoms with Crippen LogP contribution in [0.2, 0.25) is 0 Å². The van der Waals surface area contributed by atoms with Crippen molar-refractivity contribution >= 4 is 53.4 Å². The highest BCUT2D eigenvalue weighted by Crippen LogP contribution is 2.13. The highest BCUT2D eigenvalue weighted by atomic mass is 16.4. The molecule has 0 saturated carbocycles. The molecule has 20 heteroatoms. The first-order chi connectivity index (χ1) is 28.8. The zero-order valence-corrected chi connectivity index (χ0v) is 34.5. The van der Waals surface area contributed by atoms with E-state index in [0.29, 0.717) is 17.5 Å². The number of hydrogen-bond donors (Lipinski definition) is 11. The molecule has 0 aliphatic carbocycles. The van der Waals surface area contributed by atoms with Gasteiger partial charge in [-0.15, -0.1) is 0 Å². The van der Waals surface area contributed by atoms with Crippen molar-refractivity contribution in [1.29, 1.82) is 0 Å². The Labute approximate surface area is 352 Å². The van der Waals surface area contributed by atoms with Gasteiger partial charge < -0.3 is 58.1 Å². The van der Waals surface area contributed by atoms with Crippen LogP contribution in [0.5, 0.6) is 0 Å². The molecular weight excluding hydrogens is 798 g/mol. The van der Waals surface area contributed by atoms with E-state index in [1.165, 1.54) is 0 Å². The Hall–Kier alpha value is -6.41. The lowest BCUT2D eigenvalue weighted by molar-refractivity contribution is -0.144. The summed E-state index contributed by atoms with van der Waals surface area (Å²) < 4.78 is 0. The predicted octanol–water partition coefficient (Wildman–Crippen LogP) is -1.17. The molecule has 0 fully saturated rings. The summed E-state index contributed by atoms with van der Waals surface area (Å²) in [6, 6.07) is 6.89. The van der Waals surface area contributed by atoms with Crippen molar-refractivity contribution < 1.29 is 63.6 Å². The number of hydrogen-bond acceptors (Lipinski definition) is 11. The molecule has 6 amide bonds. The Morgan fingerprint density at radius 1 is 0.557 bits per heavy atom. The summed E-state index contributed by atoms with van der Waals surface area (Å²) in [5.74, 6) is -10.7. The first-order valence-electron chi connectivity index (χ1n) is 19.7. The third-order valence-electron chi connectivity index (χ3n) is 9.68. The Bertz CT molecular complexity index is 1830. The Balaban J connectivity index is 2.43. The van der Waals surface area contributed by atoms with Crippen LogP contribution >= 0.6 is 0 Å². The minimum absolute atomic E-state index is 0.0972. The molecule has 0 spiro atoms. The van der Waals surface area contributed by atoms with E-state index in [9.17, 15) is 53.4 Å². The highest BCUT2D eigenvalue weighted by molar-refractivity contribution is 5.97. The summed E-state index contributed by atoms with van der Waals surface area (Å²) in [5.41, 5.74) is 6.79. The van der Waals surface area contributed by atoms with Gasteiger partial charge in [0.2, 0.25) is 35.4 Å². The largest absolute Gasteiger partial charge is 0.481 e. The molecule has 20 nitrogen and oxygen atoms in total. The summed E-state index contributed by atoms with van der Waals surface area (Å²) in [6.45, 7) is 5.67. The van der Waals surface area contributed by atoms with E-state index in [1.54, 1.807) is 88.4 Å². The molecule has 334 valence electrons. The number of aliphatic carboxylic acids is 3. The van der Waals surface area contributed by atoms with Gasteiger partial charge in [-0.25, -0.2) is 4.79 Å². The van der Waals surface area contributed by atoms with Crippen molar-refractivity contribution in [2.75, 3.05) is 6.61 Å². The van der Waals surface area contributed by atoms with Gasteiger partial charge in [0.1, 0.15) is 36.3 Å². The van der Waals surface area contributed by atoms with Gasteiger partial charge in [0.15, 0.2) is 0 Å². The molecule has 61 heavy (non-hydrogen) atoms. The molecule has 0 heterocycles. The van der Waals surface area contributed by atoms with Crippen molar-refractivity contribution in [3.63, 3.8) is 0 Å². The van der Waals surface area contributed by atoms with Crippen molar-refractivity contribution in [3.05, 3.63) is 71.8 Å². The van der Waals surface area contributed by atoms with Gasteiger partial charge in [0, 0.05) is 19.3 Å². The zero-order chi connectivity index (χ0) is 45.8. The third kappa shape index (κ3) is 17.4. The quantitative estimate of drug-likeness (QED) is 0.0531. The van der Waals surface area contributed by atoms with Gasteiger partial charge in [0.25, 0.3) is 0 Å². The van der Waals surface area contributed by atoms with E-state index in [4.69, 9.17) is 15.9 Å². The van der Waals surface area contributed by atoms with Crippen LogP contribution < -0.4 is 37.6 Å². The lowest BCUT2D eigenvalue weighted by Gasteiger charge is -2.30. The molecule has 0 unspecified atom stereocenters. The number of carbonyl (C=O) groups is 9. The molecular formula is C41H57N7O13. The minimum atomic E-state index is -1.65. The van der Waals surface area contributed by atoms with E-state index >= 15 is 0 Å². The van der Waals surface area contributed by atoms with E-state index in [2.05, 4.69) is 31.9 Å². The van der Waals surface area contributed by atoms with Gasteiger partial charge in [-0.1, -0.05) is 94.8 Å². The smallest absolute Gasteiger partial charge is 0.326 e. The van der Waals surface area contributed by atoms with Gasteiger partial charge in [-0.2, -0.15) is 0 Å². The maximum atomic E-state index is 14.2. The van der Waals surface area contributed by atoms with Crippen LogP contribution in [0.3, 0.4) is 0 Å². The maximum Gasteiger partial charge on any atom is 0.326 e. The SMILES string of the molecule is CC[C@H](C)[C@H](NC(=O)[C@H](Cc1ccccc1)NC(=O)[C@H](Cc1ccccc1)NC(=O)[C@H](CO)NC(=O)[C@@H](N)CC(=O)O)C(=O)N[C@H](C(=O)N[C@@H](CCC(=O)O)C(=O)O)C(C)C. The van der Waals surface area contributed by atoms with Crippen LogP contribution in [0, 0.1) is 11.8 Å². The number of carboxylic acid groups (broad SMARTS) is 3. The molecule has 2 aromatic rings. The van der Waals surface area contributed by atoms with Gasteiger partial charge in [-0.3, -0.25) is 38.4 Å². The number of carboxylic acids is 3. The first-order valence-corrected chi connectivity index (χ1v) is 19.7. The van der Waals surface area contributed by atoms with Crippen LogP contribution in [0.1, 0.15) is 64.5 Å². The van der Waals surface area contributed by atoms with E-state index in [0.717, 1.165) is 0 Å². The average Bonchev–Trinajstić information content (AvgIpc) is 3.21. The molecule has 0 bridgehead atoms. The molecule has 12 N–H and O–H groups in total. The molecule has 0 aliphatic rings. The van der Waals surface area contributed by atoms with Crippen LogP contribution in [-0.4, -0.2) is 123 Å². The number of aliphatic hydroxyl groups is 1. The monoisotopic (exact) mass is 855 g/mol. The summed E-state index contributed by atoms with van der Waals surface area (Å²) in [6.07, 6.45) is -1.57. The number of aliphatic hydroxyl groups excluding tert-OH is 1. The lowest BCUT2D eigenvalue weighted by Crippen LogP contribution is -2.62. The Morgan fingerprint density at radius 3 is 1.41 bits per heavy atom. The number of rotatable bonds is 26. The highest BCUT2D eigenvalue weighted by Gasteiger charge is 2.36. The molecule has 0 radical (unpaired) electrons. The molecule has 0 saturated heterocycles. The topological polar surface area (TPSA) is 333 Å². The fraction of sp³-hybridized carbons (Fsp3) is 0.488. The van der Waals surface area contributed by atoms with E-state index in [1.807, 2.05) is 0 Å². The second kappa shape index (κ2) is 25.3. The van der Waals surface area contributed by atoms with Crippen LogP contribution in [0.4, 0.5) is 0 Å². The third-order valence-corrected chi connectivity index (χ3v) is 9.68. The molecule has 2 rings (SSSR count). The normalized spacial score (nSPS) is 14.9. The van der Waals surface area contributed by atoms with E-state index in [-0.39, 0.29) is 12.8 Å². The average molecular weight is 856 g/mol. The van der Waals surface area contributed by atoms with Gasteiger partial charge in [0.05, 0.1) is 19.1 Å². The van der Waals surface area contributed by atoms with Gasteiger partial charge >= 0.3 is 17.9 Å². The van der Waals surface area contributed by atoms with Crippen LogP contribution in [0.25, 0.3) is 0 Å². The summed E-state index contributed by atoms with van der Waals surface area (Å²) in [5, 5.41) is 52.4. The standard InChI is InChI=1S/C41H57N7O13/c1-5-23(4)34(40(59)47-33(22(2)3)39(58)43-27(41(60)61)16-17-31(50)51)48-37(56)29(19-25-14-10-7-11-15-25)44-36(55)28(18-24-12-8-6-9-13-24)45-38(57)30(21-49)46-35(54)26(42)20-32(52)53/h6-15,22-23,26-30,33-34,49H,5,16-21,42H2,1-4H3,(H,43,58)(H,44,55)(H,45,57)(H,46,54)(H,47,59)(H,48,56)(H,50,51)(H,52,53)(H,60,61)/t23-,26-,27-,28-,29-,30-,33-,34-/m0/s1. The number of carbonyl (C=O) groups excluding carboxylic acids is 6. The molecule has 8 atom stereocenters. The van der Waals surface area contributed by atoms with Crippen molar-refractivity contribution in [3.8, 4) is 0 Å². The van der Waals surface area contributed by atoms with Crippen LogP contribution in [0.15, 0.2) is 60.7 Å². The number of benzene rings is 2. The van der Waals surface area contributed by atoms with E-state index < -0.39 is 133 Å². The Morgan fingerprint density at radius 2 is 0.984 bits per heavy atom.